The molecule has 0 aliphatic carbocycles. The van der Waals surface area contributed by atoms with Crippen LogP contribution in [0.2, 0.25) is 0 Å². The Labute approximate surface area is 71.8 Å². The van der Waals surface area contributed by atoms with Gasteiger partial charge in [-0.25, -0.2) is 0 Å². The van der Waals surface area contributed by atoms with Crippen molar-refractivity contribution in [2.75, 3.05) is 0 Å². The van der Waals surface area contributed by atoms with E-state index in [1.165, 1.54) is 0 Å². The van der Waals surface area contributed by atoms with E-state index in [9.17, 15) is 0 Å². The van der Waals surface area contributed by atoms with Crippen LogP contribution in [0.4, 0.5) is 0 Å². The smallest absolute Gasteiger partial charge is 0.119 e. The van der Waals surface area contributed by atoms with Crippen LogP contribution in [0.25, 0.3) is 0 Å². The molecule has 0 N–H and O–H groups in total. The molecule has 0 bridgehead atoms. The van der Waals surface area contributed by atoms with Crippen molar-refractivity contribution in [2.45, 2.75) is 26.8 Å². The average molecular weight is 164 g/mol. The topological polar surface area (TPSA) is 54.5 Å². The van der Waals surface area contributed by atoms with Gasteiger partial charge in [0.15, 0.2) is 0 Å². The van der Waals surface area contributed by atoms with E-state index in [0.29, 0.717) is 6.42 Å². The summed E-state index contributed by atoms with van der Waals surface area (Å²) in [5, 5.41) is 15.9. The predicted octanol–water partition coefficient (Wildman–Crippen LogP) is 1.22. The van der Waals surface area contributed by atoms with E-state index < -0.39 is 0 Å². The Morgan fingerprint density at radius 3 is 2.50 bits per heavy atom. The van der Waals surface area contributed by atoms with Gasteiger partial charge in [0.2, 0.25) is 0 Å². The second-order valence-corrected chi connectivity index (χ2v) is 3.63. The standard InChI is InChI=1S/C8H12N4/c1-8(2,3-4-9)5-12-6-10-11-7-12/h6-7H,3,5H2,1-2H3. The Balaban J connectivity index is 2.57. The molecule has 0 spiro atoms. The molecule has 0 amide bonds. The summed E-state index contributed by atoms with van der Waals surface area (Å²) < 4.78 is 1.89. The highest BCUT2D eigenvalue weighted by Crippen LogP contribution is 2.21. The lowest BCUT2D eigenvalue weighted by atomic mass is 9.90. The number of nitriles is 1. The van der Waals surface area contributed by atoms with E-state index >= 15 is 0 Å². The molecular formula is C8H12N4. The molecular weight excluding hydrogens is 152 g/mol. The molecule has 4 heteroatoms. The van der Waals surface area contributed by atoms with Crippen LogP contribution in [-0.2, 0) is 6.54 Å². The average Bonchev–Trinajstić information content (AvgIpc) is 2.38. The molecule has 1 rings (SSSR count). The van der Waals surface area contributed by atoms with Crippen LogP contribution in [0.1, 0.15) is 20.3 Å². The van der Waals surface area contributed by atoms with Gasteiger partial charge in [0, 0.05) is 13.0 Å². The van der Waals surface area contributed by atoms with E-state index in [-0.39, 0.29) is 5.41 Å². The number of aromatic nitrogens is 3. The molecule has 1 aromatic heterocycles. The first kappa shape index (κ1) is 8.72. The molecule has 64 valence electrons. The zero-order valence-electron chi connectivity index (χ0n) is 7.36. The molecule has 1 heterocycles. The fourth-order valence-corrected chi connectivity index (χ4v) is 1.07. The lowest BCUT2D eigenvalue weighted by Crippen LogP contribution is -2.18. The van der Waals surface area contributed by atoms with Crippen LogP contribution in [0.5, 0.6) is 0 Å². The normalized spacial score (nSPS) is 11.1. The molecule has 0 fully saturated rings. The molecule has 0 aliphatic heterocycles. The van der Waals surface area contributed by atoms with Crippen LogP contribution in [-0.4, -0.2) is 14.8 Å². The van der Waals surface area contributed by atoms with Gasteiger partial charge in [0.05, 0.1) is 6.07 Å². The summed E-state index contributed by atoms with van der Waals surface area (Å²) in [6.07, 6.45) is 3.88. The Hall–Kier alpha value is -1.37. The van der Waals surface area contributed by atoms with E-state index in [1.807, 2.05) is 4.57 Å². The van der Waals surface area contributed by atoms with Gasteiger partial charge >= 0.3 is 0 Å². The molecule has 0 unspecified atom stereocenters. The summed E-state index contributed by atoms with van der Waals surface area (Å²) in [6, 6.07) is 2.17. The Kier molecular flexibility index (Phi) is 2.44. The fraction of sp³-hybridized carbons (Fsp3) is 0.625. The van der Waals surface area contributed by atoms with Crippen molar-refractivity contribution >= 4 is 0 Å². The summed E-state index contributed by atoms with van der Waals surface area (Å²) in [5.41, 5.74) is -0.00285. The number of nitrogens with zero attached hydrogens (tertiary/aromatic N) is 4. The zero-order valence-corrected chi connectivity index (χ0v) is 7.36. The van der Waals surface area contributed by atoms with Crippen molar-refractivity contribution in [3.63, 3.8) is 0 Å². The maximum absolute atomic E-state index is 8.54. The van der Waals surface area contributed by atoms with Gasteiger partial charge in [-0.3, -0.25) is 0 Å². The van der Waals surface area contributed by atoms with Gasteiger partial charge < -0.3 is 4.57 Å². The summed E-state index contributed by atoms with van der Waals surface area (Å²) in [7, 11) is 0. The molecule has 0 radical (unpaired) electrons. The maximum atomic E-state index is 8.54. The van der Waals surface area contributed by atoms with Crippen LogP contribution in [0.3, 0.4) is 0 Å². The predicted molar refractivity (Wildman–Crippen MR) is 44.0 cm³/mol. The molecule has 12 heavy (non-hydrogen) atoms. The Morgan fingerprint density at radius 1 is 1.42 bits per heavy atom. The third kappa shape index (κ3) is 2.35. The zero-order chi connectivity index (χ0) is 9.03. The molecule has 0 saturated carbocycles. The summed E-state index contributed by atoms with van der Waals surface area (Å²) in [4.78, 5) is 0. The third-order valence-corrected chi connectivity index (χ3v) is 1.63. The van der Waals surface area contributed by atoms with Crippen molar-refractivity contribution in [1.82, 2.24) is 14.8 Å². The van der Waals surface area contributed by atoms with E-state index in [4.69, 9.17) is 5.26 Å². The monoisotopic (exact) mass is 164 g/mol. The quantitative estimate of drug-likeness (QED) is 0.674. The van der Waals surface area contributed by atoms with Gasteiger partial charge in [0.1, 0.15) is 12.7 Å². The van der Waals surface area contributed by atoms with Crippen molar-refractivity contribution in [2.24, 2.45) is 5.41 Å². The lowest BCUT2D eigenvalue weighted by Gasteiger charge is -2.20. The first-order chi connectivity index (χ1) is 5.64. The van der Waals surface area contributed by atoms with Crippen LogP contribution in [0.15, 0.2) is 12.7 Å². The van der Waals surface area contributed by atoms with Crippen molar-refractivity contribution in [1.29, 1.82) is 5.26 Å². The van der Waals surface area contributed by atoms with Crippen LogP contribution < -0.4 is 0 Å². The van der Waals surface area contributed by atoms with Crippen molar-refractivity contribution in [3.8, 4) is 6.07 Å². The van der Waals surface area contributed by atoms with Gasteiger partial charge in [-0.05, 0) is 5.41 Å². The van der Waals surface area contributed by atoms with Gasteiger partial charge in [-0.2, -0.15) is 5.26 Å². The number of hydrogen-bond acceptors (Lipinski definition) is 3. The molecule has 0 aromatic carbocycles. The van der Waals surface area contributed by atoms with Gasteiger partial charge in [-0.15, -0.1) is 10.2 Å². The van der Waals surface area contributed by atoms with E-state index in [0.717, 1.165) is 6.54 Å². The minimum absolute atomic E-state index is 0.00285. The van der Waals surface area contributed by atoms with Crippen LogP contribution >= 0.6 is 0 Å². The van der Waals surface area contributed by atoms with E-state index in [1.54, 1.807) is 12.7 Å². The third-order valence-electron chi connectivity index (χ3n) is 1.63. The van der Waals surface area contributed by atoms with E-state index in [2.05, 4.69) is 30.1 Å². The molecule has 1 aromatic rings. The Bertz CT molecular complexity index is 268. The highest BCUT2D eigenvalue weighted by atomic mass is 15.2. The maximum Gasteiger partial charge on any atom is 0.119 e. The second kappa shape index (κ2) is 3.35. The molecule has 0 saturated heterocycles. The SMILES string of the molecule is CC(C)(CC#N)Cn1cnnc1. The Morgan fingerprint density at radius 2 is 2.00 bits per heavy atom. The lowest BCUT2D eigenvalue weighted by molar-refractivity contribution is 0.313. The van der Waals surface area contributed by atoms with Crippen molar-refractivity contribution in [3.05, 3.63) is 12.7 Å². The minimum Gasteiger partial charge on any atom is -0.320 e. The largest absolute Gasteiger partial charge is 0.320 e. The van der Waals surface area contributed by atoms with Crippen LogP contribution in [0, 0.1) is 16.7 Å². The fourth-order valence-electron chi connectivity index (χ4n) is 1.07. The van der Waals surface area contributed by atoms with Gasteiger partial charge in [0.25, 0.3) is 0 Å². The first-order valence-corrected chi connectivity index (χ1v) is 3.83. The highest BCUT2D eigenvalue weighted by molar-refractivity contribution is 4.83. The summed E-state index contributed by atoms with van der Waals surface area (Å²) >= 11 is 0. The highest BCUT2D eigenvalue weighted by Gasteiger charge is 2.17. The summed E-state index contributed by atoms with van der Waals surface area (Å²) in [6.45, 7) is 4.89. The number of rotatable bonds is 3. The number of hydrogen-bond donors (Lipinski definition) is 0. The second-order valence-electron chi connectivity index (χ2n) is 3.63. The molecule has 0 aliphatic rings. The molecule has 0 atom stereocenters. The van der Waals surface area contributed by atoms with Crippen molar-refractivity contribution < 1.29 is 0 Å². The summed E-state index contributed by atoms with van der Waals surface area (Å²) in [5.74, 6) is 0. The first-order valence-electron chi connectivity index (χ1n) is 3.83. The van der Waals surface area contributed by atoms with Gasteiger partial charge in [-0.1, -0.05) is 13.8 Å². The minimum atomic E-state index is -0.00285. The molecule has 4 nitrogen and oxygen atoms in total.